The molecule has 0 aliphatic carbocycles. The number of benzene rings is 1. The number of anilines is 1. The lowest BCUT2D eigenvalue weighted by Gasteiger charge is -2.00. The summed E-state index contributed by atoms with van der Waals surface area (Å²) >= 11 is 2.89. The van der Waals surface area contributed by atoms with Crippen LogP contribution in [-0.4, -0.2) is 25.7 Å². The van der Waals surface area contributed by atoms with Gasteiger partial charge in [-0.15, -0.1) is 22.7 Å². The van der Waals surface area contributed by atoms with Crippen LogP contribution >= 0.6 is 22.7 Å². The van der Waals surface area contributed by atoms with Gasteiger partial charge >= 0.3 is 0 Å². The maximum absolute atomic E-state index is 12.3. The van der Waals surface area contributed by atoms with Crippen molar-refractivity contribution in [3.63, 3.8) is 0 Å². The lowest BCUT2D eigenvalue weighted by Crippen LogP contribution is -2.14. The number of nitrogens with one attached hydrogen (secondary N) is 1. The van der Waals surface area contributed by atoms with Crippen molar-refractivity contribution in [3.8, 4) is 16.4 Å². The van der Waals surface area contributed by atoms with Crippen LogP contribution in [0.15, 0.2) is 47.2 Å². The van der Waals surface area contributed by atoms with Crippen LogP contribution in [-0.2, 0) is 11.2 Å². The molecule has 0 atom stereocenters. The van der Waals surface area contributed by atoms with E-state index in [1.165, 1.54) is 22.7 Å². The Labute approximate surface area is 164 Å². The molecular weight excluding hydrogens is 378 g/mol. The van der Waals surface area contributed by atoms with Crippen LogP contribution in [0, 0.1) is 13.8 Å². The van der Waals surface area contributed by atoms with Gasteiger partial charge in [0.05, 0.1) is 23.5 Å². The summed E-state index contributed by atoms with van der Waals surface area (Å²) in [6, 6.07) is 11.9. The van der Waals surface area contributed by atoms with Crippen LogP contribution in [0.2, 0.25) is 0 Å². The van der Waals surface area contributed by atoms with Crippen molar-refractivity contribution in [1.82, 2.24) is 19.7 Å². The van der Waals surface area contributed by atoms with Gasteiger partial charge in [0.1, 0.15) is 0 Å². The van der Waals surface area contributed by atoms with E-state index in [2.05, 4.69) is 20.4 Å². The van der Waals surface area contributed by atoms with Crippen LogP contribution in [0.3, 0.4) is 0 Å². The Morgan fingerprint density at radius 3 is 2.67 bits per heavy atom. The second-order valence-corrected chi connectivity index (χ2v) is 7.78. The van der Waals surface area contributed by atoms with Gasteiger partial charge < -0.3 is 5.32 Å². The molecule has 0 saturated heterocycles. The third kappa shape index (κ3) is 3.96. The fourth-order valence-electron chi connectivity index (χ4n) is 2.70. The molecule has 4 aromatic rings. The summed E-state index contributed by atoms with van der Waals surface area (Å²) in [6.07, 6.45) is 0.204. The van der Waals surface area contributed by atoms with Crippen LogP contribution in [0.5, 0.6) is 0 Å². The first kappa shape index (κ1) is 17.6. The van der Waals surface area contributed by atoms with Gasteiger partial charge in [-0.2, -0.15) is 5.10 Å². The molecule has 0 bridgehead atoms. The number of hydrogen-bond acceptors (Lipinski definition) is 6. The Bertz CT molecular complexity index is 1080. The molecule has 0 fully saturated rings. The van der Waals surface area contributed by atoms with Gasteiger partial charge in [-0.1, -0.05) is 30.3 Å². The van der Waals surface area contributed by atoms with Gasteiger partial charge in [-0.05, 0) is 19.9 Å². The van der Waals surface area contributed by atoms with Gasteiger partial charge in [-0.25, -0.2) is 14.6 Å². The molecule has 27 heavy (non-hydrogen) atoms. The molecule has 3 heterocycles. The van der Waals surface area contributed by atoms with Crippen molar-refractivity contribution in [1.29, 1.82) is 0 Å². The smallest absolute Gasteiger partial charge is 0.232 e. The van der Waals surface area contributed by atoms with E-state index in [-0.39, 0.29) is 12.3 Å². The van der Waals surface area contributed by atoms with Crippen LogP contribution in [0.1, 0.15) is 17.1 Å². The van der Waals surface area contributed by atoms with Crippen LogP contribution in [0.25, 0.3) is 16.4 Å². The molecule has 1 N–H and O–H groups in total. The van der Waals surface area contributed by atoms with E-state index < -0.39 is 0 Å². The zero-order valence-electron chi connectivity index (χ0n) is 14.8. The molecule has 0 aliphatic heterocycles. The third-order valence-corrected chi connectivity index (χ3v) is 5.51. The lowest BCUT2D eigenvalue weighted by atomic mass is 10.2. The SMILES string of the molecule is Cc1cc(C)n(-c2nc(CC(=O)Nc3nc(-c4ccccc4)cs3)cs2)n1. The highest BCUT2D eigenvalue weighted by molar-refractivity contribution is 7.14. The maximum atomic E-state index is 12.3. The van der Waals surface area contributed by atoms with E-state index in [1.807, 2.05) is 61.0 Å². The summed E-state index contributed by atoms with van der Waals surface area (Å²) < 4.78 is 1.80. The number of hydrogen-bond donors (Lipinski definition) is 1. The number of rotatable bonds is 5. The lowest BCUT2D eigenvalue weighted by molar-refractivity contribution is -0.115. The van der Waals surface area contributed by atoms with Crippen LogP contribution < -0.4 is 5.32 Å². The molecule has 1 amide bonds. The third-order valence-electron chi connectivity index (χ3n) is 3.89. The Kier molecular flexibility index (Phi) is 4.83. The number of aromatic nitrogens is 4. The van der Waals surface area contributed by atoms with Gasteiger partial charge in [0, 0.05) is 22.0 Å². The minimum absolute atomic E-state index is 0.130. The molecule has 1 aromatic carbocycles. The Balaban J connectivity index is 1.42. The zero-order valence-corrected chi connectivity index (χ0v) is 16.5. The number of amides is 1. The number of thiazole rings is 2. The van der Waals surface area contributed by atoms with Gasteiger partial charge in [-0.3, -0.25) is 4.79 Å². The molecule has 0 unspecified atom stereocenters. The van der Waals surface area contributed by atoms with E-state index >= 15 is 0 Å². The first-order valence-electron chi connectivity index (χ1n) is 8.37. The van der Waals surface area contributed by atoms with E-state index in [1.54, 1.807) is 4.68 Å². The van der Waals surface area contributed by atoms with Crippen LogP contribution in [0.4, 0.5) is 5.13 Å². The average Bonchev–Trinajstić information content (AvgIpc) is 3.36. The summed E-state index contributed by atoms with van der Waals surface area (Å²) in [6.45, 7) is 3.93. The monoisotopic (exact) mass is 395 g/mol. The molecule has 0 spiro atoms. The van der Waals surface area contributed by atoms with E-state index in [9.17, 15) is 4.79 Å². The van der Waals surface area contributed by atoms with E-state index in [0.29, 0.717) is 5.13 Å². The number of aryl methyl sites for hydroxylation is 2. The molecule has 8 heteroatoms. The summed E-state index contributed by atoms with van der Waals surface area (Å²) in [5.74, 6) is -0.130. The molecule has 136 valence electrons. The van der Waals surface area contributed by atoms with Gasteiger partial charge in [0.15, 0.2) is 5.13 Å². The largest absolute Gasteiger partial charge is 0.302 e. The second-order valence-electron chi connectivity index (χ2n) is 6.09. The molecule has 4 rings (SSSR count). The van der Waals surface area contributed by atoms with Crippen molar-refractivity contribution in [2.24, 2.45) is 0 Å². The highest BCUT2D eigenvalue weighted by Crippen LogP contribution is 2.25. The van der Waals surface area contributed by atoms with Crippen molar-refractivity contribution >= 4 is 33.7 Å². The Morgan fingerprint density at radius 1 is 1.11 bits per heavy atom. The quantitative estimate of drug-likeness (QED) is 0.548. The topological polar surface area (TPSA) is 72.7 Å². The molecule has 3 aromatic heterocycles. The van der Waals surface area contributed by atoms with Crippen molar-refractivity contribution in [2.75, 3.05) is 5.32 Å². The van der Waals surface area contributed by atoms with Crippen molar-refractivity contribution < 1.29 is 4.79 Å². The van der Waals surface area contributed by atoms with Crippen molar-refractivity contribution in [2.45, 2.75) is 20.3 Å². The molecular formula is C19H17N5OS2. The Morgan fingerprint density at radius 2 is 1.93 bits per heavy atom. The molecule has 6 nitrogen and oxygen atoms in total. The molecule has 0 radical (unpaired) electrons. The normalized spacial score (nSPS) is 10.9. The average molecular weight is 396 g/mol. The molecule has 0 aliphatic rings. The summed E-state index contributed by atoms with van der Waals surface area (Å²) in [5, 5.41) is 12.5. The minimum atomic E-state index is -0.130. The fourth-order valence-corrected chi connectivity index (χ4v) is 4.27. The first-order chi connectivity index (χ1) is 13.1. The second kappa shape index (κ2) is 7.42. The van der Waals surface area contributed by atoms with Crippen molar-refractivity contribution in [3.05, 3.63) is 64.2 Å². The maximum Gasteiger partial charge on any atom is 0.232 e. The van der Waals surface area contributed by atoms with Gasteiger partial charge in [0.25, 0.3) is 0 Å². The van der Waals surface area contributed by atoms with Gasteiger partial charge in [0.2, 0.25) is 11.0 Å². The fraction of sp³-hybridized carbons (Fsp3) is 0.158. The predicted molar refractivity (Wildman–Crippen MR) is 109 cm³/mol. The summed E-state index contributed by atoms with van der Waals surface area (Å²) in [4.78, 5) is 21.4. The van der Waals surface area contributed by atoms with E-state index in [4.69, 9.17) is 0 Å². The minimum Gasteiger partial charge on any atom is -0.302 e. The number of nitrogens with zero attached hydrogens (tertiary/aromatic N) is 4. The Hall–Kier alpha value is -2.84. The predicted octanol–water partition coefficient (Wildman–Crippen LogP) is 4.25. The summed E-state index contributed by atoms with van der Waals surface area (Å²) in [7, 11) is 0. The standard InChI is InChI=1S/C19H17N5OS2/c1-12-8-13(2)24(23-12)19-20-15(10-27-19)9-17(25)22-18-21-16(11-26-18)14-6-4-3-5-7-14/h3-8,10-11H,9H2,1-2H3,(H,21,22,25). The number of carbonyl (C=O) groups excluding carboxylic acids is 1. The highest BCUT2D eigenvalue weighted by atomic mass is 32.1. The zero-order chi connectivity index (χ0) is 18.8. The number of carbonyl (C=O) groups is 1. The highest BCUT2D eigenvalue weighted by Gasteiger charge is 2.13. The molecule has 0 saturated carbocycles. The van der Waals surface area contributed by atoms with E-state index in [0.717, 1.165) is 33.5 Å². The first-order valence-corrected chi connectivity index (χ1v) is 10.1. The summed E-state index contributed by atoms with van der Waals surface area (Å²) in [5.41, 5.74) is 4.58.